The minimum atomic E-state index is -0.159. The molecule has 5 heteroatoms. The number of halogens is 2. The highest BCUT2D eigenvalue weighted by atomic mass is 35.5. The summed E-state index contributed by atoms with van der Waals surface area (Å²) in [4.78, 5) is 10.9. The fourth-order valence-electron chi connectivity index (χ4n) is 1.29. The van der Waals surface area contributed by atoms with Crippen molar-refractivity contribution >= 4 is 29.1 Å². The quantitative estimate of drug-likeness (QED) is 0.616. The third-order valence-electron chi connectivity index (χ3n) is 2.23. The molecule has 1 aromatic carbocycles. The van der Waals surface area contributed by atoms with Gasteiger partial charge in [0.2, 0.25) is 5.91 Å². The zero-order valence-corrected chi connectivity index (χ0v) is 11.4. The minimum absolute atomic E-state index is 0.159. The molecule has 18 heavy (non-hydrogen) atoms. The van der Waals surface area contributed by atoms with Gasteiger partial charge < -0.3 is 10.1 Å². The summed E-state index contributed by atoms with van der Waals surface area (Å²) in [5, 5.41) is 3.60. The fourth-order valence-corrected chi connectivity index (χ4v) is 1.63. The molecular weight excluding hydrogens is 273 g/mol. The second kappa shape index (κ2) is 8.01. The van der Waals surface area contributed by atoms with E-state index in [-0.39, 0.29) is 5.91 Å². The minimum Gasteiger partial charge on any atom is -0.492 e. The predicted molar refractivity (Wildman–Crippen MR) is 74.4 cm³/mol. The van der Waals surface area contributed by atoms with Gasteiger partial charge in [-0.05, 0) is 31.1 Å². The summed E-state index contributed by atoms with van der Waals surface area (Å²) in [6.45, 7) is 4.51. The normalized spacial score (nSPS) is 9.89. The average Bonchev–Trinajstić information content (AvgIpc) is 2.38. The van der Waals surface area contributed by atoms with Crippen LogP contribution >= 0.6 is 23.2 Å². The number of hydrogen-bond donors (Lipinski definition) is 1. The number of rotatable bonds is 7. The van der Waals surface area contributed by atoms with Crippen molar-refractivity contribution in [2.24, 2.45) is 0 Å². The number of ether oxygens (including phenoxy) is 1. The molecule has 1 N–H and O–H groups in total. The summed E-state index contributed by atoms with van der Waals surface area (Å²) >= 11 is 11.8. The standard InChI is InChI=1S/C13H15Cl2NO2/c1-2-12(17)16-8-3-4-9-18-11-7-5-6-10(14)13(11)15/h2,5-7H,1,3-4,8-9H2,(H,16,17). The van der Waals surface area contributed by atoms with Crippen molar-refractivity contribution in [2.75, 3.05) is 13.2 Å². The number of nitrogens with one attached hydrogen (secondary N) is 1. The number of amides is 1. The van der Waals surface area contributed by atoms with Crippen LogP contribution in [0.1, 0.15) is 12.8 Å². The molecule has 0 unspecified atom stereocenters. The molecule has 0 aliphatic rings. The lowest BCUT2D eigenvalue weighted by atomic mass is 10.3. The van der Waals surface area contributed by atoms with Crippen molar-refractivity contribution < 1.29 is 9.53 Å². The lowest BCUT2D eigenvalue weighted by Gasteiger charge is -2.08. The smallest absolute Gasteiger partial charge is 0.243 e. The van der Waals surface area contributed by atoms with Gasteiger partial charge in [0.1, 0.15) is 10.8 Å². The van der Waals surface area contributed by atoms with Crippen molar-refractivity contribution in [3.8, 4) is 5.75 Å². The number of carbonyl (C=O) groups excluding carboxylic acids is 1. The molecule has 0 atom stereocenters. The SMILES string of the molecule is C=CC(=O)NCCCCOc1cccc(Cl)c1Cl. The highest BCUT2D eigenvalue weighted by molar-refractivity contribution is 6.42. The lowest BCUT2D eigenvalue weighted by molar-refractivity contribution is -0.116. The first kappa shape index (κ1) is 14.9. The second-order valence-electron chi connectivity index (χ2n) is 3.60. The van der Waals surface area contributed by atoms with Crippen LogP contribution < -0.4 is 10.1 Å². The molecule has 0 aromatic heterocycles. The maximum atomic E-state index is 10.9. The Morgan fingerprint density at radius 1 is 1.39 bits per heavy atom. The highest BCUT2D eigenvalue weighted by Crippen LogP contribution is 2.31. The molecule has 0 saturated heterocycles. The molecule has 98 valence electrons. The van der Waals surface area contributed by atoms with E-state index >= 15 is 0 Å². The van der Waals surface area contributed by atoms with E-state index in [1.54, 1.807) is 18.2 Å². The molecule has 1 amide bonds. The third-order valence-corrected chi connectivity index (χ3v) is 3.03. The van der Waals surface area contributed by atoms with Crippen LogP contribution in [0.15, 0.2) is 30.9 Å². The Kier molecular flexibility index (Phi) is 6.61. The molecule has 1 aromatic rings. The molecule has 0 aliphatic carbocycles. The fraction of sp³-hybridized carbons (Fsp3) is 0.308. The monoisotopic (exact) mass is 287 g/mol. The predicted octanol–water partition coefficient (Wildman–Crippen LogP) is 3.45. The van der Waals surface area contributed by atoms with Gasteiger partial charge in [-0.1, -0.05) is 35.8 Å². The van der Waals surface area contributed by atoms with Gasteiger partial charge in [-0.3, -0.25) is 4.79 Å². The Morgan fingerprint density at radius 3 is 2.89 bits per heavy atom. The van der Waals surface area contributed by atoms with Gasteiger partial charge in [0, 0.05) is 6.54 Å². The Balaban J connectivity index is 2.20. The van der Waals surface area contributed by atoms with Gasteiger partial charge in [0.15, 0.2) is 0 Å². The summed E-state index contributed by atoms with van der Waals surface area (Å²) < 4.78 is 5.50. The number of unbranched alkanes of at least 4 members (excludes halogenated alkanes) is 1. The molecule has 0 saturated carbocycles. The Morgan fingerprint density at radius 2 is 2.17 bits per heavy atom. The highest BCUT2D eigenvalue weighted by Gasteiger charge is 2.04. The van der Waals surface area contributed by atoms with Crippen LogP contribution in [0.3, 0.4) is 0 Å². The van der Waals surface area contributed by atoms with Crippen molar-refractivity contribution in [3.63, 3.8) is 0 Å². The second-order valence-corrected chi connectivity index (χ2v) is 4.39. The summed E-state index contributed by atoms with van der Waals surface area (Å²) in [6.07, 6.45) is 2.90. The molecule has 0 spiro atoms. The van der Waals surface area contributed by atoms with E-state index in [4.69, 9.17) is 27.9 Å². The van der Waals surface area contributed by atoms with Crippen molar-refractivity contribution in [1.29, 1.82) is 0 Å². The number of hydrogen-bond acceptors (Lipinski definition) is 2. The van der Waals surface area contributed by atoms with E-state index in [0.717, 1.165) is 12.8 Å². The Hall–Kier alpha value is -1.19. The Labute approximate surface area is 117 Å². The van der Waals surface area contributed by atoms with Crippen LogP contribution in [0, 0.1) is 0 Å². The van der Waals surface area contributed by atoms with E-state index in [0.29, 0.717) is 28.9 Å². The van der Waals surface area contributed by atoms with Gasteiger partial charge >= 0.3 is 0 Å². The third kappa shape index (κ3) is 4.98. The van der Waals surface area contributed by atoms with Crippen LogP contribution in [0.2, 0.25) is 10.0 Å². The Bertz CT molecular complexity index is 421. The van der Waals surface area contributed by atoms with Gasteiger partial charge in [-0.25, -0.2) is 0 Å². The average molecular weight is 288 g/mol. The topological polar surface area (TPSA) is 38.3 Å². The molecule has 1 rings (SSSR count). The molecule has 0 heterocycles. The summed E-state index contributed by atoms with van der Waals surface area (Å²) in [7, 11) is 0. The molecular formula is C13H15Cl2NO2. The van der Waals surface area contributed by atoms with E-state index in [1.165, 1.54) is 6.08 Å². The summed E-state index contributed by atoms with van der Waals surface area (Å²) in [5.74, 6) is 0.424. The first-order valence-corrected chi connectivity index (χ1v) is 6.38. The molecule has 0 fully saturated rings. The van der Waals surface area contributed by atoms with E-state index in [9.17, 15) is 4.79 Å². The van der Waals surface area contributed by atoms with E-state index in [2.05, 4.69) is 11.9 Å². The largest absolute Gasteiger partial charge is 0.492 e. The van der Waals surface area contributed by atoms with Gasteiger partial charge in [-0.2, -0.15) is 0 Å². The van der Waals surface area contributed by atoms with Crippen LogP contribution in [-0.2, 0) is 4.79 Å². The molecule has 3 nitrogen and oxygen atoms in total. The maximum Gasteiger partial charge on any atom is 0.243 e. The van der Waals surface area contributed by atoms with Crippen LogP contribution in [0.4, 0.5) is 0 Å². The zero-order chi connectivity index (χ0) is 13.4. The maximum absolute atomic E-state index is 10.9. The van der Waals surface area contributed by atoms with E-state index < -0.39 is 0 Å². The van der Waals surface area contributed by atoms with Gasteiger partial charge in [0.25, 0.3) is 0 Å². The number of benzene rings is 1. The van der Waals surface area contributed by atoms with Crippen LogP contribution in [0.5, 0.6) is 5.75 Å². The van der Waals surface area contributed by atoms with Crippen molar-refractivity contribution in [3.05, 3.63) is 40.9 Å². The van der Waals surface area contributed by atoms with Gasteiger partial charge in [-0.15, -0.1) is 0 Å². The summed E-state index contributed by atoms with van der Waals surface area (Å²) in [6, 6.07) is 5.27. The zero-order valence-electron chi connectivity index (χ0n) is 9.92. The van der Waals surface area contributed by atoms with Crippen LogP contribution in [-0.4, -0.2) is 19.1 Å². The van der Waals surface area contributed by atoms with Crippen molar-refractivity contribution in [2.45, 2.75) is 12.8 Å². The molecule has 0 aliphatic heterocycles. The first-order valence-electron chi connectivity index (χ1n) is 5.62. The van der Waals surface area contributed by atoms with Crippen LogP contribution in [0.25, 0.3) is 0 Å². The number of carbonyl (C=O) groups is 1. The summed E-state index contributed by atoms with van der Waals surface area (Å²) in [5.41, 5.74) is 0. The van der Waals surface area contributed by atoms with E-state index in [1.807, 2.05) is 0 Å². The van der Waals surface area contributed by atoms with Crippen molar-refractivity contribution in [1.82, 2.24) is 5.32 Å². The lowest BCUT2D eigenvalue weighted by Crippen LogP contribution is -2.22. The molecule has 0 radical (unpaired) electrons. The molecule has 0 bridgehead atoms. The first-order chi connectivity index (χ1) is 8.65. The van der Waals surface area contributed by atoms with Gasteiger partial charge in [0.05, 0.1) is 11.6 Å².